The van der Waals surface area contributed by atoms with Crippen LogP contribution in [0, 0.1) is 0 Å². The summed E-state index contributed by atoms with van der Waals surface area (Å²) < 4.78 is 1.33. The molecular formula is C8H12N4O3. The Kier molecular flexibility index (Phi) is 3.37. The molecule has 0 aromatic carbocycles. The lowest BCUT2D eigenvalue weighted by atomic mass is 10.3. The Bertz CT molecular complexity index is 374. The molecule has 15 heavy (non-hydrogen) atoms. The van der Waals surface area contributed by atoms with Gasteiger partial charge in [-0.25, -0.2) is 4.68 Å². The van der Waals surface area contributed by atoms with Gasteiger partial charge in [0.1, 0.15) is 6.04 Å². The van der Waals surface area contributed by atoms with Crippen LogP contribution in [0.4, 0.5) is 0 Å². The highest BCUT2D eigenvalue weighted by atomic mass is 16.4. The fraction of sp³-hybridized carbons (Fsp3) is 0.500. The third-order valence-electron chi connectivity index (χ3n) is 1.91. The second kappa shape index (κ2) is 4.54. The molecule has 2 N–H and O–H groups in total. The van der Waals surface area contributed by atoms with Crippen LogP contribution in [0.1, 0.15) is 18.7 Å². The van der Waals surface area contributed by atoms with Gasteiger partial charge < -0.3 is 10.4 Å². The number of amides is 1. The van der Waals surface area contributed by atoms with Gasteiger partial charge in [-0.2, -0.15) is 0 Å². The number of nitrogens with zero attached hydrogens (tertiary/aromatic N) is 3. The third kappa shape index (κ3) is 2.76. The summed E-state index contributed by atoms with van der Waals surface area (Å²) in [7, 11) is 1.52. The predicted octanol–water partition coefficient (Wildman–Crippen LogP) is -0.788. The van der Waals surface area contributed by atoms with Crippen LogP contribution in [0.2, 0.25) is 0 Å². The van der Waals surface area contributed by atoms with Gasteiger partial charge in [-0.1, -0.05) is 5.21 Å². The molecule has 1 rings (SSSR count). The van der Waals surface area contributed by atoms with E-state index in [0.717, 1.165) is 0 Å². The van der Waals surface area contributed by atoms with Gasteiger partial charge >= 0.3 is 5.97 Å². The smallest absolute Gasteiger partial charge is 0.309 e. The van der Waals surface area contributed by atoms with E-state index in [2.05, 4.69) is 15.6 Å². The molecule has 1 aromatic heterocycles. The Morgan fingerprint density at radius 1 is 1.67 bits per heavy atom. The topological polar surface area (TPSA) is 97.1 Å². The van der Waals surface area contributed by atoms with Gasteiger partial charge in [-0.3, -0.25) is 9.59 Å². The normalized spacial score (nSPS) is 12.1. The average Bonchev–Trinajstić information content (AvgIpc) is 2.63. The Labute approximate surface area is 86.1 Å². The molecule has 0 saturated heterocycles. The van der Waals surface area contributed by atoms with E-state index < -0.39 is 12.0 Å². The van der Waals surface area contributed by atoms with Gasteiger partial charge in [0.2, 0.25) is 5.91 Å². The van der Waals surface area contributed by atoms with E-state index in [0.29, 0.717) is 5.69 Å². The molecule has 0 spiro atoms. The minimum Gasteiger partial charge on any atom is -0.481 e. The number of carboxylic acids is 1. The van der Waals surface area contributed by atoms with Crippen molar-refractivity contribution in [2.45, 2.75) is 19.4 Å². The maximum atomic E-state index is 11.2. The van der Waals surface area contributed by atoms with Gasteiger partial charge in [-0.15, -0.1) is 5.10 Å². The van der Waals surface area contributed by atoms with Crippen molar-refractivity contribution in [3.05, 3.63) is 11.9 Å². The van der Waals surface area contributed by atoms with Crippen molar-refractivity contribution in [1.82, 2.24) is 20.3 Å². The Morgan fingerprint density at radius 3 is 2.87 bits per heavy atom. The van der Waals surface area contributed by atoms with Crippen LogP contribution in [0.3, 0.4) is 0 Å². The quantitative estimate of drug-likeness (QED) is 0.681. The molecule has 0 aliphatic carbocycles. The molecule has 0 bridgehead atoms. The highest BCUT2D eigenvalue weighted by molar-refractivity contribution is 5.79. The summed E-state index contributed by atoms with van der Waals surface area (Å²) in [6.07, 6.45) is 1.26. The summed E-state index contributed by atoms with van der Waals surface area (Å²) in [6.45, 7) is 1.65. The van der Waals surface area contributed by atoms with Gasteiger partial charge in [-0.05, 0) is 6.92 Å². The molecule has 0 fully saturated rings. The number of likely N-dealkylation sites (N-methyl/N-ethyl adjacent to an activating group) is 1. The van der Waals surface area contributed by atoms with Crippen LogP contribution < -0.4 is 5.32 Å². The fourth-order valence-corrected chi connectivity index (χ4v) is 1.07. The average molecular weight is 212 g/mol. The molecule has 1 heterocycles. The van der Waals surface area contributed by atoms with Crippen LogP contribution in [0.15, 0.2) is 6.20 Å². The summed E-state index contributed by atoms with van der Waals surface area (Å²) >= 11 is 0. The lowest BCUT2D eigenvalue weighted by Gasteiger charge is -2.08. The van der Waals surface area contributed by atoms with Gasteiger partial charge in [0.05, 0.1) is 12.1 Å². The van der Waals surface area contributed by atoms with Crippen molar-refractivity contribution in [3.63, 3.8) is 0 Å². The van der Waals surface area contributed by atoms with Gasteiger partial charge in [0.15, 0.2) is 0 Å². The zero-order valence-corrected chi connectivity index (χ0v) is 8.47. The maximum absolute atomic E-state index is 11.2. The standard InChI is InChI=1S/C8H12N4O3/c1-5(8(15)9-2)12-4-6(10-11-12)3-7(13)14/h4-5H,3H2,1-2H3,(H,9,15)(H,13,14). The molecule has 0 saturated carbocycles. The molecule has 7 nitrogen and oxygen atoms in total. The first-order valence-electron chi connectivity index (χ1n) is 4.38. The van der Waals surface area contributed by atoms with Gasteiger partial charge in [0, 0.05) is 13.2 Å². The van der Waals surface area contributed by atoms with Crippen LogP contribution in [0.25, 0.3) is 0 Å². The molecule has 1 unspecified atom stereocenters. The zero-order valence-electron chi connectivity index (χ0n) is 8.47. The highest BCUT2D eigenvalue weighted by Crippen LogP contribution is 2.04. The second-order valence-electron chi connectivity index (χ2n) is 3.05. The zero-order chi connectivity index (χ0) is 11.4. The molecule has 82 valence electrons. The van der Waals surface area contributed by atoms with Crippen molar-refractivity contribution in [1.29, 1.82) is 0 Å². The molecule has 1 aromatic rings. The minimum absolute atomic E-state index is 0.194. The monoisotopic (exact) mass is 212 g/mol. The van der Waals surface area contributed by atoms with E-state index in [4.69, 9.17) is 5.11 Å². The van der Waals surface area contributed by atoms with Crippen LogP contribution >= 0.6 is 0 Å². The van der Waals surface area contributed by atoms with Crippen LogP contribution in [-0.2, 0) is 16.0 Å². The maximum Gasteiger partial charge on any atom is 0.309 e. The summed E-state index contributed by atoms with van der Waals surface area (Å²) in [6, 6.07) is -0.495. The van der Waals surface area contributed by atoms with E-state index in [9.17, 15) is 9.59 Å². The number of hydrogen-bond acceptors (Lipinski definition) is 4. The van der Waals surface area contributed by atoms with Crippen molar-refractivity contribution in [2.24, 2.45) is 0 Å². The SMILES string of the molecule is CNC(=O)C(C)n1cc(CC(=O)O)nn1. The van der Waals surface area contributed by atoms with Crippen molar-refractivity contribution in [2.75, 3.05) is 7.05 Å². The first-order valence-corrected chi connectivity index (χ1v) is 4.38. The summed E-state index contributed by atoms with van der Waals surface area (Å²) in [5.41, 5.74) is 0.332. The number of carbonyl (C=O) groups excluding carboxylic acids is 1. The summed E-state index contributed by atoms with van der Waals surface area (Å²) in [4.78, 5) is 21.6. The van der Waals surface area contributed by atoms with E-state index in [1.807, 2.05) is 0 Å². The van der Waals surface area contributed by atoms with E-state index in [1.54, 1.807) is 6.92 Å². The van der Waals surface area contributed by atoms with Crippen LogP contribution in [0.5, 0.6) is 0 Å². The van der Waals surface area contributed by atoms with Gasteiger partial charge in [0.25, 0.3) is 0 Å². The highest BCUT2D eigenvalue weighted by Gasteiger charge is 2.15. The van der Waals surface area contributed by atoms with Crippen molar-refractivity contribution in [3.8, 4) is 0 Å². The molecule has 1 amide bonds. The van der Waals surface area contributed by atoms with E-state index in [1.165, 1.54) is 17.9 Å². The van der Waals surface area contributed by atoms with Crippen LogP contribution in [-0.4, -0.2) is 39.0 Å². The Balaban J connectivity index is 2.75. The third-order valence-corrected chi connectivity index (χ3v) is 1.91. The summed E-state index contributed by atoms with van der Waals surface area (Å²) in [5, 5.41) is 18.3. The van der Waals surface area contributed by atoms with E-state index in [-0.39, 0.29) is 12.3 Å². The van der Waals surface area contributed by atoms with Crippen molar-refractivity contribution < 1.29 is 14.7 Å². The number of carboxylic acid groups (broad SMARTS) is 1. The lowest BCUT2D eigenvalue weighted by molar-refractivity contribution is -0.136. The Morgan fingerprint density at radius 2 is 2.33 bits per heavy atom. The molecule has 0 aliphatic heterocycles. The molecule has 0 aliphatic rings. The number of hydrogen-bond donors (Lipinski definition) is 2. The fourth-order valence-electron chi connectivity index (χ4n) is 1.07. The number of carbonyl (C=O) groups is 2. The molecular weight excluding hydrogens is 200 g/mol. The lowest BCUT2D eigenvalue weighted by Crippen LogP contribution is -2.28. The number of aromatic nitrogens is 3. The van der Waals surface area contributed by atoms with Crippen molar-refractivity contribution >= 4 is 11.9 Å². The molecule has 7 heteroatoms. The first kappa shape index (κ1) is 11.2. The number of nitrogens with one attached hydrogen (secondary N) is 1. The largest absolute Gasteiger partial charge is 0.481 e. The minimum atomic E-state index is -0.977. The Hall–Kier alpha value is -1.92. The first-order chi connectivity index (χ1) is 7.04. The predicted molar refractivity (Wildman–Crippen MR) is 50.1 cm³/mol. The van der Waals surface area contributed by atoms with E-state index >= 15 is 0 Å². The summed E-state index contributed by atoms with van der Waals surface area (Å²) in [5.74, 6) is -1.18. The second-order valence-corrected chi connectivity index (χ2v) is 3.05. The number of rotatable bonds is 4. The molecule has 0 radical (unpaired) electrons. The molecule has 1 atom stereocenters. The number of aliphatic carboxylic acids is 1.